The zero-order valence-electron chi connectivity index (χ0n) is 8.44. The maximum atomic E-state index is 10.7. The Morgan fingerprint density at radius 3 is 2.73 bits per heavy atom. The molecule has 1 unspecified atom stereocenters. The van der Waals surface area contributed by atoms with Gasteiger partial charge in [-0.1, -0.05) is 29.8 Å². The van der Waals surface area contributed by atoms with Crippen LogP contribution in [-0.2, 0) is 9.53 Å². The molecule has 4 heteroatoms. The van der Waals surface area contributed by atoms with Gasteiger partial charge in [-0.25, -0.2) is 0 Å². The lowest BCUT2D eigenvalue weighted by Crippen LogP contribution is -2.12. The zero-order valence-corrected chi connectivity index (χ0v) is 9.20. The lowest BCUT2D eigenvalue weighted by Gasteiger charge is -2.15. The molecular weight excluding hydrogens is 216 g/mol. The van der Waals surface area contributed by atoms with Gasteiger partial charge in [-0.15, -0.1) is 0 Å². The van der Waals surface area contributed by atoms with Crippen molar-refractivity contribution in [3.05, 3.63) is 34.9 Å². The van der Waals surface area contributed by atoms with Gasteiger partial charge in [-0.05, 0) is 11.6 Å². The van der Waals surface area contributed by atoms with Crippen molar-refractivity contribution in [1.82, 2.24) is 0 Å². The topological polar surface area (TPSA) is 46.5 Å². The van der Waals surface area contributed by atoms with Crippen LogP contribution in [0.5, 0.6) is 0 Å². The molecule has 0 heterocycles. The van der Waals surface area contributed by atoms with Crippen molar-refractivity contribution < 1.29 is 14.6 Å². The first-order valence-electron chi connectivity index (χ1n) is 4.60. The Labute approximate surface area is 93.6 Å². The predicted octanol–water partition coefficient (Wildman–Crippen LogP) is 2.54. The van der Waals surface area contributed by atoms with E-state index in [2.05, 4.69) is 0 Å². The fraction of sp³-hybridized carbons (Fsp3) is 0.364. The molecule has 0 aliphatic rings. The Morgan fingerprint density at radius 2 is 2.20 bits per heavy atom. The van der Waals surface area contributed by atoms with E-state index >= 15 is 0 Å². The van der Waals surface area contributed by atoms with Crippen molar-refractivity contribution in [3.63, 3.8) is 0 Å². The van der Waals surface area contributed by atoms with Crippen molar-refractivity contribution in [2.45, 2.75) is 12.3 Å². The first-order chi connectivity index (χ1) is 7.15. The molecular formula is C11H13ClO3. The summed E-state index contributed by atoms with van der Waals surface area (Å²) in [7, 11) is 1.55. The van der Waals surface area contributed by atoms with Crippen LogP contribution in [0.3, 0.4) is 0 Å². The Bertz CT molecular complexity index is 338. The number of carbonyl (C=O) groups is 1. The van der Waals surface area contributed by atoms with Crippen molar-refractivity contribution >= 4 is 17.6 Å². The van der Waals surface area contributed by atoms with Crippen LogP contribution in [0.4, 0.5) is 0 Å². The second kappa shape index (κ2) is 5.73. The molecule has 0 amide bonds. The van der Waals surface area contributed by atoms with Crippen molar-refractivity contribution in [1.29, 1.82) is 0 Å². The van der Waals surface area contributed by atoms with Crippen LogP contribution in [0.1, 0.15) is 17.9 Å². The highest BCUT2D eigenvalue weighted by Gasteiger charge is 2.17. The molecule has 1 rings (SSSR count). The van der Waals surface area contributed by atoms with E-state index in [1.54, 1.807) is 13.2 Å². The highest BCUT2D eigenvalue weighted by Crippen LogP contribution is 2.27. The zero-order chi connectivity index (χ0) is 11.3. The fourth-order valence-electron chi connectivity index (χ4n) is 1.48. The Kier molecular flexibility index (Phi) is 4.59. The van der Waals surface area contributed by atoms with Gasteiger partial charge in [-0.2, -0.15) is 0 Å². The van der Waals surface area contributed by atoms with Crippen LogP contribution in [0.2, 0.25) is 5.02 Å². The van der Waals surface area contributed by atoms with Gasteiger partial charge >= 0.3 is 5.97 Å². The summed E-state index contributed by atoms with van der Waals surface area (Å²) < 4.78 is 4.99. The standard InChI is InChI=1S/C11H13ClO3/c1-15-7-8(6-11(13)14)9-4-2-3-5-10(9)12/h2-5,8H,6-7H2,1H3,(H,13,14). The minimum atomic E-state index is -0.850. The number of carboxylic acid groups (broad SMARTS) is 1. The molecule has 15 heavy (non-hydrogen) atoms. The highest BCUT2D eigenvalue weighted by atomic mass is 35.5. The van der Waals surface area contributed by atoms with E-state index in [1.165, 1.54) is 0 Å². The maximum Gasteiger partial charge on any atom is 0.304 e. The molecule has 3 nitrogen and oxygen atoms in total. The second-order valence-electron chi connectivity index (χ2n) is 3.27. The smallest absolute Gasteiger partial charge is 0.304 e. The minimum Gasteiger partial charge on any atom is -0.481 e. The van der Waals surface area contributed by atoms with E-state index in [4.69, 9.17) is 21.4 Å². The van der Waals surface area contributed by atoms with Crippen molar-refractivity contribution in [3.8, 4) is 0 Å². The number of aliphatic carboxylic acids is 1. The van der Waals surface area contributed by atoms with Gasteiger partial charge in [0.1, 0.15) is 0 Å². The summed E-state index contributed by atoms with van der Waals surface area (Å²) in [5.74, 6) is -1.04. The van der Waals surface area contributed by atoms with Gasteiger partial charge in [-0.3, -0.25) is 4.79 Å². The molecule has 1 atom stereocenters. The molecule has 0 spiro atoms. The van der Waals surface area contributed by atoms with E-state index in [-0.39, 0.29) is 12.3 Å². The number of benzene rings is 1. The summed E-state index contributed by atoms with van der Waals surface area (Å²) in [6.07, 6.45) is 0.0254. The molecule has 0 saturated heterocycles. The monoisotopic (exact) mass is 228 g/mol. The van der Waals surface area contributed by atoms with Gasteiger partial charge in [0.15, 0.2) is 0 Å². The summed E-state index contributed by atoms with van der Waals surface area (Å²) >= 11 is 5.99. The van der Waals surface area contributed by atoms with Crippen LogP contribution in [0, 0.1) is 0 Å². The molecule has 1 aromatic rings. The van der Waals surface area contributed by atoms with Crippen LogP contribution in [0.15, 0.2) is 24.3 Å². The third kappa shape index (κ3) is 3.53. The molecule has 1 N–H and O–H groups in total. The third-order valence-electron chi connectivity index (χ3n) is 2.13. The molecule has 0 bridgehead atoms. The van der Waals surface area contributed by atoms with Crippen LogP contribution >= 0.6 is 11.6 Å². The normalized spacial score (nSPS) is 12.4. The van der Waals surface area contributed by atoms with E-state index in [0.29, 0.717) is 11.6 Å². The molecule has 0 aliphatic heterocycles. The van der Waals surface area contributed by atoms with Crippen molar-refractivity contribution in [2.75, 3.05) is 13.7 Å². The predicted molar refractivity (Wildman–Crippen MR) is 58.3 cm³/mol. The molecule has 0 radical (unpaired) electrons. The van der Waals surface area contributed by atoms with E-state index in [0.717, 1.165) is 5.56 Å². The van der Waals surface area contributed by atoms with Gasteiger partial charge in [0.25, 0.3) is 0 Å². The molecule has 1 aromatic carbocycles. The number of methoxy groups -OCH3 is 1. The molecule has 0 aromatic heterocycles. The largest absolute Gasteiger partial charge is 0.481 e. The summed E-state index contributed by atoms with van der Waals surface area (Å²) in [5, 5.41) is 9.35. The van der Waals surface area contributed by atoms with Crippen LogP contribution in [0.25, 0.3) is 0 Å². The molecule has 0 aliphatic carbocycles. The quantitative estimate of drug-likeness (QED) is 0.843. The average Bonchev–Trinajstić information content (AvgIpc) is 2.17. The van der Waals surface area contributed by atoms with Crippen LogP contribution < -0.4 is 0 Å². The number of rotatable bonds is 5. The summed E-state index contributed by atoms with van der Waals surface area (Å²) in [5.41, 5.74) is 0.823. The average molecular weight is 229 g/mol. The van der Waals surface area contributed by atoms with Gasteiger partial charge in [0.2, 0.25) is 0 Å². The van der Waals surface area contributed by atoms with E-state index < -0.39 is 5.97 Å². The molecule has 0 saturated carbocycles. The summed E-state index contributed by atoms with van der Waals surface area (Å²) in [6, 6.07) is 7.23. The number of ether oxygens (including phenoxy) is 1. The SMILES string of the molecule is COCC(CC(=O)O)c1ccccc1Cl. The van der Waals surface area contributed by atoms with Crippen LogP contribution in [-0.4, -0.2) is 24.8 Å². The van der Waals surface area contributed by atoms with E-state index in [9.17, 15) is 4.79 Å². The Hall–Kier alpha value is -1.06. The van der Waals surface area contributed by atoms with Gasteiger partial charge in [0, 0.05) is 18.1 Å². The summed E-state index contributed by atoms with van der Waals surface area (Å²) in [6.45, 7) is 0.357. The number of hydrogen-bond donors (Lipinski definition) is 1. The lowest BCUT2D eigenvalue weighted by molar-refractivity contribution is -0.137. The number of carboxylic acids is 1. The Balaban J connectivity index is 2.88. The first kappa shape index (κ1) is 12.0. The number of halogens is 1. The third-order valence-corrected chi connectivity index (χ3v) is 2.48. The molecule has 82 valence electrons. The minimum absolute atomic E-state index is 0.0254. The van der Waals surface area contributed by atoms with E-state index in [1.807, 2.05) is 18.2 Å². The fourth-order valence-corrected chi connectivity index (χ4v) is 1.77. The van der Waals surface area contributed by atoms with Gasteiger partial charge < -0.3 is 9.84 Å². The van der Waals surface area contributed by atoms with Gasteiger partial charge in [0.05, 0.1) is 13.0 Å². The first-order valence-corrected chi connectivity index (χ1v) is 4.98. The lowest BCUT2D eigenvalue weighted by atomic mass is 9.96. The maximum absolute atomic E-state index is 10.7. The number of hydrogen-bond acceptors (Lipinski definition) is 2. The summed E-state index contributed by atoms with van der Waals surface area (Å²) in [4.78, 5) is 10.7. The second-order valence-corrected chi connectivity index (χ2v) is 3.68. The van der Waals surface area contributed by atoms with Crippen molar-refractivity contribution in [2.24, 2.45) is 0 Å². The molecule has 0 fully saturated rings. The highest BCUT2D eigenvalue weighted by molar-refractivity contribution is 6.31. The Morgan fingerprint density at radius 1 is 1.53 bits per heavy atom.